The fourth-order valence-electron chi connectivity index (χ4n) is 6.54. The lowest BCUT2D eigenvalue weighted by Crippen LogP contribution is -2.56. The van der Waals surface area contributed by atoms with E-state index in [9.17, 15) is 10.1 Å². The number of aromatic nitrogens is 1. The van der Waals surface area contributed by atoms with Gasteiger partial charge in [-0.3, -0.25) is 9.69 Å². The number of carbonyl (C=O) groups is 1. The molecule has 2 aliphatic heterocycles. The van der Waals surface area contributed by atoms with Gasteiger partial charge in [-0.05, 0) is 66.6 Å². The normalized spacial score (nSPS) is 22.9. The summed E-state index contributed by atoms with van der Waals surface area (Å²) in [6.45, 7) is 12.4. The van der Waals surface area contributed by atoms with Crippen LogP contribution in [0.5, 0.6) is 0 Å². The second-order valence-electron chi connectivity index (χ2n) is 11.1. The number of rotatable bonds is 2. The minimum atomic E-state index is -0.278. The molecule has 0 atom stereocenters. The molecule has 6 heteroatoms. The van der Waals surface area contributed by atoms with E-state index in [0.717, 1.165) is 92.3 Å². The molecule has 180 valence electrons. The Hall–Kier alpha value is -3.01. The molecule has 2 aliphatic carbocycles. The number of hydrogen-bond acceptors (Lipinski definition) is 6. The third-order valence-electron chi connectivity index (χ3n) is 8.90. The van der Waals surface area contributed by atoms with Crippen LogP contribution in [0.3, 0.4) is 0 Å². The zero-order valence-corrected chi connectivity index (χ0v) is 20.9. The predicted octanol–water partition coefficient (Wildman–Crippen LogP) is 4.13. The lowest BCUT2D eigenvalue weighted by molar-refractivity contribution is -0.0249. The standard InChI is InChI=1S/C29H32N4O2/c1-28(2)23-16-25(32-8-6-29(3,7-9-32)33-10-12-35-13-11-33)31-18-22(23)27(34)26-21-5-4-19(17-30)14-20(21)15-24(26)28/h4-5,14,16,18H,6-13,15H2,1-3H3. The number of allylic oxidation sites excluding steroid dienone is 2. The molecular formula is C29H32N4O2. The highest BCUT2D eigenvalue weighted by atomic mass is 16.5. The second kappa shape index (κ2) is 8.01. The van der Waals surface area contributed by atoms with E-state index in [1.165, 1.54) is 0 Å². The van der Waals surface area contributed by atoms with Gasteiger partial charge in [-0.2, -0.15) is 5.26 Å². The smallest absolute Gasteiger partial charge is 0.195 e. The lowest BCUT2D eigenvalue weighted by atomic mass is 9.69. The van der Waals surface area contributed by atoms with Gasteiger partial charge in [0.05, 0.1) is 24.8 Å². The predicted molar refractivity (Wildman–Crippen MR) is 136 cm³/mol. The summed E-state index contributed by atoms with van der Waals surface area (Å²) in [7, 11) is 0. The third kappa shape index (κ3) is 3.44. The van der Waals surface area contributed by atoms with Crippen molar-refractivity contribution in [3.63, 3.8) is 0 Å². The number of fused-ring (bicyclic) bond motifs is 3. The van der Waals surface area contributed by atoms with Gasteiger partial charge in [0, 0.05) is 54.5 Å². The topological polar surface area (TPSA) is 69.5 Å². The molecular weight excluding hydrogens is 436 g/mol. The van der Waals surface area contributed by atoms with Gasteiger partial charge in [-0.15, -0.1) is 0 Å². The van der Waals surface area contributed by atoms with Gasteiger partial charge >= 0.3 is 0 Å². The Labute approximate surface area is 207 Å². The van der Waals surface area contributed by atoms with E-state index in [1.807, 2.05) is 18.2 Å². The van der Waals surface area contributed by atoms with Crippen LogP contribution in [-0.4, -0.2) is 60.6 Å². The van der Waals surface area contributed by atoms with Crippen LogP contribution in [0.4, 0.5) is 5.82 Å². The van der Waals surface area contributed by atoms with Crippen molar-refractivity contribution < 1.29 is 9.53 Å². The van der Waals surface area contributed by atoms with Gasteiger partial charge in [0.2, 0.25) is 0 Å². The highest BCUT2D eigenvalue weighted by Crippen LogP contribution is 2.50. The number of ketones is 1. The first-order valence-electron chi connectivity index (χ1n) is 12.7. The molecule has 0 amide bonds. The summed E-state index contributed by atoms with van der Waals surface area (Å²) in [6.07, 6.45) is 4.72. The molecule has 0 bridgehead atoms. The summed E-state index contributed by atoms with van der Waals surface area (Å²) < 4.78 is 5.56. The maximum Gasteiger partial charge on any atom is 0.195 e. The van der Waals surface area contributed by atoms with Crippen LogP contribution in [0.25, 0.3) is 5.57 Å². The molecule has 3 heterocycles. The second-order valence-corrected chi connectivity index (χ2v) is 11.1. The zero-order valence-electron chi connectivity index (χ0n) is 20.9. The van der Waals surface area contributed by atoms with Crippen molar-refractivity contribution >= 4 is 17.2 Å². The molecule has 6 rings (SSSR count). The number of hydrogen-bond donors (Lipinski definition) is 0. The van der Waals surface area contributed by atoms with Crippen molar-refractivity contribution in [3.8, 4) is 6.07 Å². The van der Waals surface area contributed by atoms with Gasteiger partial charge in [0.1, 0.15) is 5.82 Å². The van der Waals surface area contributed by atoms with Crippen LogP contribution in [0.15, 0.2) is 36.0 Å². The SMILES string of the molecule is CC1(C)C2=C(C(=O)c3cnc(N4CCC(C)(N5CCOCC5)CC4)cc31)c1ccc(C#N)cc1C2. The minimum Gasteiger partial charge on any atom is -0.379 e. The van der Waals surface area contributed by atoms with E-state index in [4.69, 9.17) is 9.72 Å². The molecule has 2 saturated heterocycles. The van der Waals surface area contributed by atoms with E-state index in [-0.39, 0.29) is 16.7 Å². The molecule has 4 aliphatic rings. The Bertz CT molecular complexity index is 1290. The Morgan fingerprint density at radius 1 is 1.03 bits per heavy atom. The van der Waals surface area contributed by atoms with Crippen LogP contribution in [0, 0.1) is 11.3 Å². The Kier molecular flexibility index (Phi) is 5.14. The number of Topliss-reactive ketones (excluding diaryl/α,β-unsaturated/α-hetero) is 1. The molecule has 1 aromatic heterocycles. The van der Waals surface area contributed by atoms with E-state index >= 15 is 0 Å². The van der Waals surface area contributed by atoms with Crippen LogP contribution < -0.4 is 4.90 Å². The van der Waals surface area contributed by atoms with Crippen LogP contribution in [0.2, 0.25) is 0 Å². The fourth-order valence-corrected chi connectivity index (χ4v) is 6.54. The van der Waals surface area contributed by atoms with E-state index in [1.54, 1.807) is 6.20 Å². The number of morpholine rings is 1. The number of pyridine rings is 1. The van der Waals surface area contributed by atoms with Crippen molar-refractivity contribution in [1.29, 1.82) is 5.26 Å². The van der Waals surface area contributed by atoms with Gasteiger partial charge in [0.15, 0.2) is 5.78 Å². The first-order valence-corrected chi connectivity index (χ1v) is 12.7. The molecule has 35 heavy (non-hydrogen) atoms. The van der Waals surface area contributed by atoms with Crippen LogP contribution in [0.1, 0.15) is 66.2 Å². The monoisotopic (exact) mass is 468 g/mol. The number of nitrogens with zero attached hydrogens (tertiary/aromatic N) is 4. The van der Waals surface area contributed by atoms with Crippen LogP contribution in [-0.2, 0) is 16.6 Å². The van der Waals surface area contributed by atoms with Gasteiger partial charge in [-0.1, -0.05) is 19.9 Å². The van der Waals surface area contributed by atoms with E-state index in [0.29, 0.717) is 11.1 Å². The Morgan fingerprint density at radius 2 is 1.77 bits per heavy atom. The maximum absolute atomic E-state index is 13.7. The summed E-state index contributed by atoms with van der Waals surface area (Å²) in [5, 5.41) is 9.33. The summed E-state index contributed by atoms with van der Waals surface area (Å²) in [5.74, 6) is 1.04. The van der Waals surface area contributed by atoms with Crippen molar-refractivity contribution in [3.05, 3.63) is 63.9 Å². The first-order chi connectivity index (χ1) is 16.8. The molecule has 0 N–H and O–H groups in total. The minimum absolute atomic E-state index is 0.0652. The summed E-state index contributed by atoms with van der Waals surface area (Å²) in [5.41, 5.74) is 6.39. The number of anilines is 1. The van der Waals surface area contributed by atoms with Gasteiger partial charge in [0.25, 0.3) is 0 Å². The number of ether oxygens (including phenoxy) is 1. The van der Waals surface area contributed by atoms with Crippen molar-refractivity contribution in [2.75, 3.05) is 44.3 Å². The number of nitriles is 1. The van der Waals surface area contributed by atoms with Crippen molar-refractivity contribution in [1.82, 2.24) is 9.88 Å². The number of benzene rings is 1. The number of carbonyl (C=O) groups excluding carboxylic acids is 1. The van der Waals surface area contributed by atoms with Crippen LogP contribution >= 0.6 is 0 Å². The van der Waals surface area contributed by atoms with Crippen molar-refractivity contribution in [2.24, 2.45) is 0 Å². The highest BCUT2D eigenvalue weighted by molar-refractivity contribution is 6.32. The highest BCUT2D eigenvalue weighted by Gasteiger charge is 2.44. The summed E-state index contributed by atoms with van der Waals surface area (Å²) in [6, 6.07) is 10.1. The molecule has 0 saturated carbocycles. The molecule has 0 spiro atoms. The maximum atomic E-state index is 13.7. The zero-order chi connectivity index (χ0) is 24.4. The average Bonchev–Trinajstić information content (AvgIpc) is 3.28. The largest absolute Gasteiger partial charge is 0.379 e. The Morgan fingerprint density at radius 3 is 2.49 bits per heavy atom. The van der Waals surface area contributed by atoms with Gasteiger partial charge < -0.3 is 9.64 Å². The fraction of sp³-hybridized carbons (Fsp3) is 0.483. The van der Waals surface area contributed by atoms with Gasteiger partial charge in [-0.25, -0.2) is 4.98 Å². The third-order valence-corrected chi connectivity index (χ3v) is 8.90. The molecule has 1 aromatic carbocycles. The van der Waals surface area contributed by atoms with E-state index < -0.39 is 0 Å². The lowest BCUT2D eigenvalue weighted by Gasteiger charge is -2.48. The van der Waals surface area contributed by atoms with Crippen molar-refractivity contribution in [2.45, 2.75) is 51.0 Å². The molecule has 2 fully saturated rings. The quantitative estimate of drug-likeness (QED) is 0.660. The summed E-state index contributed by atoms with van der Waals surface area (Å²) in [4.78, 5) is 23.4. The first kappa shape index (κ1) is 22.5. The molecule has 0 unspecified atom stereocenters. The summed E-state index contributed by atoms with van der Waals surface area (Å²) >= 11 is 0. The van der Waals surface area contributed by atoms with E-state index in [2.05, 4.69) is 42.7 Å². The number of piperidine rings is 1. The molecule has 2 aromatic rings. The average molecular weight is 469 g/mol. The molecule has 0 radical (unpaired) electrons. The molecule has 6 nitrogen and oxygen atoms in total. The Balaban J connectivity index is 1.28.